The molecule has 0 bridgehead atoms. The Morgan fingerprint density at radius 1 is 1.71 bits per heavy atom. The van der Waals surface area contributed by atoms with E-state index in [0.717, 1.165) is 0 Å². The average Bonchev–Trinajstić information content (AvgIpc) is 2.39. The molecule has 0 spiro atoms. The zero-order chi connectivity index (χ0) is 12.3. The molecule has 92 valence electrons. The molecule has 1 aromatic rings. The van der Waals surface area contributed by atoms with Crippen LogP contribution in [0.2, 0.25) is 0 Å². The zero-order valence-electron chi connectivity index (χ0n) is 9.15. The van der Waals surface area contributed by atoms with Gasteiger partial charge in [-0.1, -0.05) is 0 Å². The second kappa shape index (κ2) is 5.07. The summed E-state index contributed by atoms with van der Waals surface area (Å²) < 4.78 is 5.29. The van der Waals surface area contributed by atoms with Gasteiger partial charge in [0.05, 0.1) is 24.2 Å². The summed E-state index contributed by atoms with van der Waals surface area (Å²) in [6.07, 6.45) is 1.21. The normalized spacial score (nSPS) is 20.3. The molecule has 7 nitrogen and oxygen atoms in total. The van der Waals surface area contributed by atoms with Crippen molar-refractivity contribution in [3.8, 4) is 0 Å². The minimum atomic E-state index is -0.453. The lowest BCUT2D eigenvalue weighted by molar-refractivity contribution is -0.384. The molecule has 2 rings (SSSR count). The number of aliphatic hydroxyl groups is 1. The molecular formula is C10H13N3O4. The number of aromatic nitrogens is 1. The number of nitrogens with zero attached hydrogens (tertiary/aromatic N) is 3. The first-order valence-electron chi connectivity index (χ1n) is 5.29. The largest absolute Gasteiger partial charge is 0.394 e. The Morgan fingerprint density at radius 2 is 2.53 bits per heavy atom. The number of hydrogen-bond acceptors (Lipinski definition) is 6. The van der Waals surface area contributed by atoms with Gasteiger partial charge < -0.3 is 14.7 Å². The maximum Gasteiger partial charge on any atom is 0.311 e. The van der Waals surface area contributed by atoms with Crippen molar-refractivity contribution in [2.75, 3.05) is 31.2 Å². The second-order valence-electron chi connectivity index (χ2n) is 3.72. The molecule has 1 N–H and O–H groups in total. The smallest absolute Gasteiger partial charge is 0.311 e. The molecular weight excluding hydrogens is 226 g/mol. The van der Waals surface area contributed by atoms with Gasteiger partial charge in [-0.3, -0.25) is 10.1 Å². The first-order chi connectivity index (χ1) is 8.22. The summed E-state index contributed by atoms with van der Waals surface area (Å²) in [7, 11) is 0. The maximum atomic E-state index is 10.9. The molecule has 0 aromatic carbocycles. The van der Waals surface area contributed by atoms with Gasteiger partial charge in [-0.15, -0.1) is 0 Å². The summed E-state index contributed by atoms with van der Waals surface area (Å²) in [6, 6.07) is 2.96. The average molecular weight is 239 g/mol. The Balaban J connectivity index is 2.24. The number of rotatable bonds is 3. The molecule has 2 heterocycles. The fourth-order valence-corrected chi connectivity index (χ4v) is 1.80. The third-order valence-corrected chi connectivity index (χ3v) is 2.60. The van der Waals surface area contributed by atoms with Crippen LogP contribution in [0.15, 0.2) is 18.3 Å². The third kappa shape index (κ3) is 2.51. The molecule has 1 aliphatic heterocycles. The highest BCUT2D eigenvalue weighted by Crippen LogP contribution is 2.26. The molecule has 0 radical (unpaired) electrons. The van der Waals surface area contributed by atoms with Crippen molar-refractivity contribution in [3.05, 3.63) is 28.4 Å². The Labute approximate surface area is 97.8 Å². The van der Waals surface area contributed by atoms with E-state index in [0.29, 0.717) is 25.5 Å². The van der Waals surface area contributed by atoms with Gasteiger partial charge in [0.25, 0.3) is 0 Å². The number of morpholine rings is 1. The quantitative estimate of drug-likeness (QED) is 0.598. The summed E-state index contributed by atoms with van der Waals surface area (Å²) in [5.41, 5.74) is -0.0221. The van der Waals surface area contributed by atoms with Crippen LogP contribution in [-0.2, 0) is 4.74 Å². The number of pyridine rings is 1. The van der Waals surface area contributed by atoms with Crippen molar-refractivity contribution < 1.29 is 14.8 Å². The van der Waals surface area contributed by atoms with E-state index >= 15 is 0 Å². The molecule has 7 heteroatoms. The van der Waals surface area contributed by atoms with E-state index in [-0.39, 0.29) is 18.4 Å². The minimum absolute atomic E-state index is 0.0221. The van der Waals surface area contributed by atoms with Gasteiger partial charge in [0.15, 0.2) is 0 Å². The highest BCUT2D eigenvalue weighted by atomic mass is 16.6. The summed E-state index contributed by atoms with van der Waals surface area (Å²) in [5.74, 6) is 0.333. The van der Waals surface area contributed by atoms with Crippen molar-refractivity contribution >= 4 is 11.5 Å². The van der Waals surface area contributed by atoms with Gasteiger partial charge in [0, 0.05) is 25.4 Å². The number of ether oxygens (including phenoxy) is 1. The van der Waals surface area contributed by atoms with E-state index in [1.165, 1.54) is 18.3 Å². The molecule has 1 aliphatic rings. The second-order valence-corrected chi connectivity index (χ2v) is 3.72. The van der Waals surface area contributed by atoms with Gasteiger partial charge in [0.1, 0.15) is 0 Å². The molecule has 1 aromatic heterocycles. The molecule has 0 aliphatic carbocycles. The topological polar surface area (TPSA) is 88.7 Å². The first kappa shape index (κ1) is 11.7. The SMILES string of the molecule is O=[N+]([O-])c1cccnc1N1CCOC(CO)C1. The lowest BCUT2D eigenvalue weighted by Gasteiger charge is -2.32. The fraction of sp³-hybridized carbons (Fsp3) is 0.500. The first-order valence-corrected chi connectivity index (χ1v) is 5.29. The predicted molar refractivity (Wildman–Crippen MR) is 59.9 cm³/mol. The third-order valence-electron chi connectivity index (χ3n) is 2.60. The van der Waals surface area contributed by atoms with E-state index < -0.39 is 4.92 Å². The Hall–Kier alpha value is -1.73. The van der Waals surface area contributed by atoms with Crippen LogP contribution in [0.1, 0.15) is 0 Å². The van der Waals surface area contributed by atoms with Crippen LogP contribution in [0.3, 0.4) is 0 Å². The standard InChI is InChI=1S/C10H13N3O4/c14-7-8-6-12(4-5-17-8)10-9(13(15)16)2-1-3-11-10/h1-3,8,14H,4-7H2. The van der Waals surface area contributed by atoms with Crippen LogP contribution >= 0.6 is 0 Å². The van der Waals surface area contributed by atoms with E-state index in [1.54, 1.807) is 4.90 Å². The van der Waals surface area contributed by atoms with Crippen molar-refractivity contribution in [1.29, 1.82) is 0 Å². The predicted octanol–water partition coefficient (Wildman–Crippen LogP) is 0.187. The summed E-state index contributed by atoms with van der Waals surface area (Å²) in [5, 5.41) is 19.9. The monoisotopic (exact) mass is 239 g/mol. The van der Waals surface area contributed by atoms with E-state index in [4.69, 9.17) is 9.84 Å². The molecule has 1 saturated heterocycles. The lowest BCUT2D eigenvalue weighted by Crippen LogP contribution is -2.44. The Kier molecular flexibility index (Phi) is 3.50. The van der Waals surface area contributed by atoms with Crippen LogP contribution in [0.4, 0.5) is 11.5 Å². The summed E-state index contributed by atoms with van der Waals surface area (Å²) in [6.45, 7) is 1.28. The molecule has 1 atom stereocenters. The minimum Gasteiger partial charge on any atom is -0.394 e. The Bertz CT molecular complexity index is 412. The lowest BCUT2D eigenvalue weighted by atomic mass is 10.2. The molecule has 0 saturated carbocycles. The maximum absolute atomic E-state index is 10.9. The number of hydrogen-bond donors (Lipinski definition) is 1. The summed E-state index contributed by atoms with van der Waals surface area (Å²) in [4.78, 5) is 16.2. The zero-order valence-corrected chi connectivity index (χ0v) is 9.15. The number of aliphatic hydroxyl groups excluding tert-OH is 1. The molecule has 1 fully saturated rings. The Morgan fingerprint density at radius 3 is 3.24 bits per heavy atom. The van der Waals surface area contributed by atoms with Gasteiger partial charge in [-0.25, -0.2) is 4.98 Å². The highest BCUT2D eigenvalue weighted by molar-refractivity contribution is 5.57. The van der Waals surface area contributed by atoms with Gasteiger partial charge in [0.2, 0.25) is 5.82 Å². The number of nitro groups is 1. The molecule has 1 unspecified atom stereocenters. The number of anilines is 1. The highest BCUT2D eigenvalue weighted by Gasteiger charge is 2.26. The van der Waals surface area contributed by atoms with E-state index in [2.05, 4.69) is 4.98 Å². The summed E-state index contributed by atoms with van der Waals surface area (Å²) >= 11 is 0. The van der Waals surface area contributed by atoms with E-state index in [1.807, 2.05) is 0 Å². The molecule has 17 heavy (non-hydrogen) atoms. The van der Waals surface area contributed by atoms with Gasteiger partial charge in [-0.05, 0) is 6.07 Å². The van der Waals surface area contributed by atoms with Crippen LogP contribution < -0.4 is 4.90 Å². The van der Waals surface area contributed by atoms with Gasteiger partial charge >= 0.3 is 5.69 Å². The van der Waals surface area contributed by atoms with Gasteiger partial charge in [-0.2, -0.15) is 0 Å². The van der Waals surface area contributed by atoms with E-state index in [9.17, 15) is 10.1 Å². The van der Waals surface area contributed by atoms with Crippen LogP contribution in [0.25, 0.3) is 0 Å². The molecule has 0 amide bonds. The fourth-order valence-electron chi connectivity index (χ4n) is 1.80. The van der Waals surface area contributed by atoms with Crippen molar-refractivity contribution in [3.63, 3.8) is 0 Å². The van der Waals surface area contributed by atoms with Crippen molar-refractivity contribution in [1.82, 2.24) is 4.98 Å². The van der Waals surface area contributed by atoms with Crippen molar-refractivity contribution in [2.45, 2.75) is 6.10 Å². The van der Waals surface area contributed by atoms with Crippen LogP contribution in [-0.4, -0.2) is 47.4 Å². The van der Waals surface area contributed by atoms with Crippen molar-refractivity contribution in [2.24, 2.45) is 0 Å². The van der Waals surface area contributed by atoms with Crippen LogP contribution in [0, 0.1) is 10.1 Å². The van der Waals surface area contributed by atoms with Crippen LogP contribution in [0.5, 0.6) is 0 Å².